The molecule has 0 aromatic heterocycles. The predicted octanol–water partition coefficient (Wildman–Crippen LogP) is 2.70. The van der Waals surface area contributed by atoms with Gasteiger partial charge in [0.25, 0.3) is 17.7 Å². The Morgan fingerprint density at radius 2 is 1.74 bits per heavy atom. The molecule has 0 saturated carbocycles. The predicted molar refractivity (Wildman–Crippen MR) is 116 cm³/mol. The molecule has 0 atom stereocenters. The van der Waals surface area contributed by atoms with E-state index < -0.39 is 11.8 Å². The van der Waals surface area contributed by atoms with Gasteiger partial charge in [0.15, 0.2) is 0 Å². The summed E-state index contributed by atoms with van der Waals surface area (Å²) in [6.07, 6.45) is 2.25. The number of fused-ring (bicyclic) bond motifs is 1. The second-order valence-corrected chi connectivity index (χ2v) is 8.96. The van der Waals surface area contributed by atoms with E-state index in [0.717, 1.165) is 4.90 Å². The zero-order chi connectivity index (χ0) is 22.8. The number of halogens is 1. The van der Waals surface area contributed by atoms with Crippen LogP contribution in [0, 0.1) is 5.41 Å². The third kappa shape index (κ3) is 4.90. The number of nitrogens with two attached hydrogens (primary N) is 1. The summed E-state index contributed by atoms with van der Waals surface area (Å²) in [6.45, 7) is 6.97. The van der Waals surface area contributed by atoms with Crippen LogP contribution in [0.5, 0.6) is 0 Å². The number of rotatable bonds is 6. The Hall–Kier alpha value is -3.29. The normalized spacial score (nSPS) is 17.9. The van der Waals surface area contributed by atoms with E-state index in [1.165, 1.54) is 6.21 Å². The average molecular weight is 426 g/mol. The van der Waals surface area contributed by atoms with Crippen molar-refractivity contribution in [2.45, 2.75) is 27.2 Å². The molecule has 1 aromatic rings. The summed E-state index contributed by atoms with van der Waals surface area (Å²) in [4.78, 5) is 44.6. The lowest BCUT2D eigenvalue weighted by atomic mass is 9.94. The molecule has 7 nitrogen and oxygen atoms in total. The van der Waals surface area contributed by atoms with E-state index in [2.05, 4.69) is 4.99 Å². The summed E-state index contributed by atoms with van der Waals surface area (Å²) in [5.41, 5.74) is 7.46. The standard InChI is InChI=1S/C23H27FN4O3/c1-23(2,3)14-27-9-8-19(25)18(20(27)29)12-26-11-15(10-24)13-28-21(30)16-6-4-5-7-17(16)22(28)31/h4-7,10,12H,8-9,11,13-14,25H2,1-3H3/b15-10-,26-12?. The van der Waals surface area contributed by atoms with Gasteiger partial charge in [-0.3, -0.25) is 24.3 Å². The van der Waals surface area contributed by atoms with Crippen molar-refractivity contribution in [2.75, 3.05) is 26.2 Å². The van der Waals surface area contributed by atoms with Crippen molar-refractivity contribution in [3.8, 4) is 0 Å². The first-order valence-corrected chi connectivity index (χ1v) is 10.1. The van der Waals surface area contributed by atoms with Crippen molar-refractivity contribution in [2.24, 2.45) is 16.1 Å². The van der Waals surface area contributed by atoms with E-state index in [4.69, 9.17) is 5.73 Å². The van der Waals surface area contributed by atoms with Crippen molar-refractivity contribution in [1.82, 2.24) is 9.80 Å². The molecule has 8 heteroatoms. The lowest BCUT2D eigenvalue weighted by molar-refractivity contribution is -0.128. The number of aliphatic imine (C=N–C) groups is 1. The largest absolute Gasteiger partial charge is 0.401 e. The Bertz CT molecular complexity index is 969. The van der Waals surface area contributed by atoms with Crippen molar-refractivity contribution in [3.63, 3.8) is 0 Å². The number of amides is 3. The van der Waals surface area contributed by atoms with Crippen LogP contribution in [-0.4, -0.2) is 59.9 Å². The van der Waals surface area contributed by atoms with Crippen molar-refractivity contribution in [1.29, 1.82) is 0 Å². The van der Waals surface area contributed by atoms with Gasteiger partial charge in [0.1, 0.15) is 0 Å². The number of nitrogens with zero attached hydrogens (tertiary/aromatic N) is 3. The van der Waals surface area contributed by atoms with Crippen LogP contribution < -0.4 is 5.73 Å². The van der Waals surface area contributed by atoms with E-state index >= 15 is 0 Å². The molecular weight excluding hydrogens is 399 g/mol. The minimum absolute atomic E-state index is 0.0550. The Morgan fingerprint density at radius 1 is 1.13 bits per heavy atom. The van der Waals surface area contributed by atoms with Gasteiger partial charge in [0, 0.05) is 31.4 Å². The SMILES string of the molecule is CC(C)(C)CN1CCC(N)=C(C=NC/C(=C/F)CN2C(=O)c3ccccc3C2=O)C1=O. The summed E-state index contributed by atoms with van der Waals surface area (Å²) in [5.74, 6) is -1.12. The maximum absolute atomic E-state index is 13.5. The van der Waals surface area contributed by atoms with Crippen LogP contribution in [-0.2, 0) is 4.79 Å². The monoisotopic (exact) mass is 426 g/mol. The van der Waals surface area contributed by atoms with Crippen LogP contribution in [0.4, 0.5) is 4.39 Å². The average Bonchev–Trinajstić information content (AvgIpc) is 2.95. The van der Waals surface area contributed by atoms with Gasteiger partial charge in [0.2, 0.25) is 0 Å². The molecule has 2 N–H and O–H groups in total. The summed E-state index contributed by atoms with van der Waals surface area (Å²) in [5, 5.41) is 0. The molecule has 3 rings (SSSR count). The molecule has 0 saturated heterocycles. The minimum atomic E-state index is -0.462. The second kappa shape index (κ2) is 8.83. The van der Waals surface area contributed by atoms with Gasteiger partial charge in [-0.2, -0.15) is 0 Å². The fourth-order valence-corrected chi connectivity index (χ4v) is 3.62. The number of carbonyl (C=O) groups excluding carboxylic acids is 3. The molecule has 0 bridgehead atoms. The lowest BCUT2D eigenvalue weighted by Crippen LogP contribution is -2.43. The number of benzene rings is 1. The molecule has 0 radical (unpaired) electrons. The van der Waals surface area contributed by atoms with Crippen LogP contribution in [0.15, 0.2) is 52.4 Å². The van der Waals surface area contributed by atoms with Gasteiger partial charge in [0.05, 0.1) is 36.1 Å². The van der Waals surface area contributed by atoms with Crippen LogP contribution in [0.3, 0.4) is 0 Å². The molecule has 0 aliphatic carbocycles. The number of imide groups is 1. The number of hydrogen-bond acceptors (Lipinski definition) is 5. The fraction of sp³-hybridized carbons (Fsp3) is 0.391. The molecule has 0 spiro atoms. The molecule has 2 aliphatic rings. The summed E-state index contributed by atoms with van der Waals surface area (Å²) < 4.78 is 13.5. The van der Waals surface area contributed by atoms with E-state index in [-0.39, 0.29) is 30.0 Å². The summed E-state index contributed by atoms with van der Waals surface area (Å²) >= 11 is 0. The third-order valence-electron chi connectivity index (χ3n) is 5.09. The molecule has 2 heterocycles. The van der Waals surface area contributed by atoms with Gasteiger partial charge < -0.3 is 10.6 Å². The van der Waals surface area contributed by atoms with Crippen LogP contribution >= 0.6 is 0 Å². The van der Waals surface area contributed by atoms with Crippen molar-refractivity contribution >= 4 is 23.9 Å². The molecule has 2 aliphatic heterocycles. The fourth-order valence-electron chi connectivity index (χ4n) is 3.62. The van der Waals surface area contributed by atoms with Crippen LogP contribution in [0.1, 0.15) is 47.9 Å². The maximum atomic E-state index is 13.5. The van der Waals surface area contributed by atoms with E-state index in [0.29, 0.717) is 48.2 Å². The first kappa shape index (κ1) is 22.4. The van der Waals surface area contributed by atoms with E-state index in [1.807, 2.05) is 20.8 Å². The highest BCUT2D eigenvalue weighted by Gasteiger charge is 2.35. The molecule has 0 fully saturated rings. The van der Waals surface area contributed by atoms with Crippen molar-refractivity contribution in [3.05, 3.63) is 58.6 Å². The first-order valence-electron chi connectivity index (χ1n) is 10.1. The van der Waals surface area contributed by atoms with Gasteiger partial charge in [-0.25, -0.2) is 4.39 Å². The number of hydrogen-bond donors (Lipinski definition) is 1. The van der Waals surface area contributed by atoms with E-state index in [1.54, 1.807) is 29.2 Å². The summed E-state index contributed by atoms with van der Waals surface area (Å²) in [6, 6.07) is 6.48. The second-order valence-electron chi connectivity index (χ2n) is 8.96. The first-order chi connectivity index (χ1) is 14.6. The van der Waals surface area contributed by atoms with E-state index in [9.17, 15) is 18.8 Å². The minimum Gasteiger partial charge on any atom is -0.401 e. The Kier molecular flexibility index (Phi) is 6.38. The Morgan fingerprint density at radius 3 is 2.29 bits per heavy atom. The van der Waals surface area contributed by atoms with Gasteiger partial charge in [-0.1, -0.05) is 32.9 Å². The number of carbonyl (C=O) groups is 3. The smallest absolute Gasteiger partial charge is 0.261 e. The Labute approximate surface area is 181 Å². The quantitative estimate of drug-likeness (QED) is 0.559. The highest BCUT2D eigenvalue weighted by Crippen LogP contribution is 2.24. The lowest BCUT2D eigenvalue weighted by Gasteiger charge is -2.33. The van der Waals surface area contributed by atoms with Gasteiger partial charge in [-0.05, 0) is 23.1 Å². The Balaban J connectivity index is 1.66. The highest BCUT2D eigenvalue weighted by atomic mass is 19.1. The highest BCUT2D eigenvalue weighted by molar-refractivity contribution is 6.21. The molecule has 31 heavy (non-hydrogen) atoms. The molecule has 164 valence electrons. The van der Waals surface area contributed by atoms with Gasteiger partial charge >= 0.3 is 0 Å². The van der Waals surface area contributed by atoms with Crippen LogP contribution in [0.2, 0.25) is 0 Å². The zero-order valence-electron chi connectivity index (χ0n) is 18.0. The summed E-state index contributed by atoms with van der Waals surface area (Å²) in [7, 11) is 0. The van der Waals surface area contributed by atoms with Crippen molar-refractivity contribution < 1.29 is 18.8 Å². The molecule has 0 unspecified atom stereocenters. The zero-order valence-corrected chi connectivity index (χ0v) is 18.0. The van der Waals surface area contributed by atoms with Crippen LogP contribution in [0.25, 0.3) is 0 Å². The molecule has 3 amide bonds. The molecular formula is C23H27FN4O3. The third-order valence-corrected chi connectivity index (χ3v) is 5.09. The van der Waals surface area contributed by atoms with Gasteiger partial charge in [-0.15, -0.1) is 0 Å². The molecule has 1 aromatic carbocycles. The maximum Gasteiger partial charge on any atom is 0.261 e. The topological polar surface area (TPSA) is 96.1 Å².